The normalized spacial score (nSPS) is 28.4. The molecule has 6 nitrogen and oxygen atoms in total. The van der Waals surface area contributed by atoms with Crippen LogP contribution in [-0.2, 0) is 4.79 Å². The van der Waals surface area contributed by atoms with Crippen molar-refractivity contribution in [1.82, 2.24) is 9.88 Å². The summed E-state index contributed by atoms with van der Waals surface area (Å²) >= 11 is 0. The van der Waals surface area contributed by atoms with Gasteiger partial charge in [-0.2, -0.15) is 0 Å². The molecule has 0 unspecified atom stereocenters. The van der Waals surface area contributed by atoms with Gasteiger partial charge in [0.15, 0.2) is 0 Å². The number of piperidine rings is 1. The number of carbonyl (C=O) groups is 1. The number of hydrogen-bond acceptors (Lipinski definition) is 5. The second-order valence-corrected chi connectivity index (χ2v) is 9.65. The Labute approximate surface area is 190 Å². The lowest BCUT2D eigenvalue weighted by Crippen LogP contribution is -2.50. The molecule has 3 aliphatic rings. The first-order chi connectivity index (χ1) is 15.6. The molecule has 1 aliphatic carbocycles. The molecular formula is C26H33N3O3. The largest absolute Gasteiger partial charge is 0.497 e. The Morgan fingerprint density at radius 1 is 1.00 bits per heavy atom. The maximum atomic E-state index is 13.5. The summed E-state index contributed by atoms with van der Waals surface area (Å²) in [6.45, 7) is 2.56. The third-order valence-corrected chi connectivity index (χ3v) is 7.72. The average molecular weight is 436 g/mol. The molecule has 0 bridgehead atoms. The van der Waals surface area contributed by atoms with E-state index in [1.54, 1.807) is 7.11 Å². The van der Waals surface area contributed by atoms with E-state index in [0.717, 1.165) is 87.3 Å². The Bertz CT molecular complexity index is 938. The van der Waals surface area contributed by atoms with Crippen LogP contribution >= 0.6 is 0 Å². The molecule has 3 heterocycles. The quantitative estimate of drug-likeness (QED) is 0.790. The Morgan fingerprint density at radius 3 is 2.44 bits per heavy atom. The number of benzene rings is 1. The van der Waals surface area contributed by atoms with Gasteiger partial charge in [-0.05, 0) is 74.8 Å². The van der Waals surface area contributed by atoms with E-state index in [1.807, 2.05) is 30.5 Å². The zero-order valence-corrected chi connectivity index (χ0v) is 18.9. The zero-order chi connectivity index (χ0) is 22.1. The van der Waals surface area contributed by atoms with Gasteiger partial charge in [-0.3, -0.25) is 4.79 Å². The lowest BCUT2D eigenvalue weighted by atomic mass is 9.78. The summed E-state index contributed by atoms with van der Waals surface area (Å²) in [5, 5.41) is 9.83. The van der Waals surface area contributed by atoms with Gasteiger partial charge in [-0.1, -0.05) is 12.1 Å². The first-order valence-electron chi connectivity index (χ1n) is 11.9. The highest BCUT2D eigenvalue weighted by Gasteiger charge is 2.50. The van der Waals surface area contributed by atoms with E-state index in [9.17, 15) is 9.90 Å². The number of aromatic nitrogens is 1. The molecule has 2 aliphatic heterocycles. The minimum absolute atomic E-state index is 0.185. The van der Waals surface area contributed by atoms with Gasteiger partial charge in [0.05, 0.1) is 18.6 Å². The number of methoxy groups -OCH3 is 1. The Morgan fingerprint density at radius 2 is 1.75 bits per heavy atom. The monoisotopic (exact) mass is 435 g/mol. The number of anilines is 1. The molecule has 1 aromatic carbocycles. The van der Waals surface area contributed by atoms with E-state index < -0.39 is 0 Å². The number of pyridine rings is 1. The summed E-state index contributed by atoms with van der Waals surface area (Å²) in [5.41, 5.74) is 1.91. The highest BCUT2D eigenvalue weighted by Crippen LogP contribution is 2.43. The van der Waals surface area contributed by atoms with Crippen LogP contribution in [0.4, 0.5) is 5.82 Å². The number of carbonyl (C=O) groups excluding carboxylic acids is 1. The first-order valence-corrected chi connectivity index (χ1v) is 11.9. The molecule has 6 heteroatoms. The topological polar surface area (TPSA) is 65.9 Å². The van der Waals surface area contributed by atoms with Crippen molar-refractivity contribution in [2.24, 2.45) is 5.41 Å². The summed E-state index contributed by atoms with van der Waals surface area (Å²) in [5.74, 6) is 2.13. The minimum Gasteiger partial charge on any atom is -0.497 e. The number of aliphatic hydroxyl groups excluding tert-OH is 1. The number of ether oxygens (including phenoxy) is 1. The molecule has 1 aromatic heterocycles. The lowest BCUT2D eigenvalue weighted by Gasteiger charge is -2.41. The molecule has 32 heavy (non-hydrogen) atoms. The van der Waals surface area contributed by atoms with Crippen LogP contribution in [0.1, 0.15) is 44.9 Å². The smallest absolute Gasteiger partial charge is 0.230 e. The van der Waals surface area contributed by atoms with Crippen molar-refractivity contribution in [1.29, 1.82) is 0 Å². The predicted octanol–water partition coefficient (Wildman–Crippen LogP) is 3.88. The zero-order valence-electron chi connectivity index (χ0n) is 18.9. The molecule has 1 saturated carbocycles. The Balaban J connectivity index is 1.28. The van der Waals surface area contributed by atoms with Gasteiger partial charge in [0, 0.05) is 37.4 Å². The van der Waals surface area contributed by atoms with Gasteiger partial charge in [0.1, 0.15) is 11.6 Å². The average Bonchev–Trinajstić information content (AvgIpc) is 3.15. The van der Waals surface area contributed by atoms with Crippen molar-refractivity contribution >= 4 is 11.7 Å². The van der Waals surface area contributed by atoms with E-state index in [-0.39, 0.29) is 11.5 Å². The molecule has 2 aromatic rings. The van der Waals surface area contributed by atoms with E-state index in [1.165, 1.54) is 0 Å². The van der Waals surface area contributed by atoms with Crippen molar-refractivity contribution in [3.8, 4) is 16.9 Å². The molecule has 2 saturated heterocycles. The van der Waals surface area contributed by atoms with Gasteiger partial charge in [0.25, 0.3) is 0 Å². The molecule has 1 atom stereocenters. The summed E-state index contributed by atoms with van der Waals surface area (Å²) in [4.78, 5) is 22.7. The highest BCUT2D eigenvalue weighted by atomic mass is 16.5. The molecule has 1 N–H and O–H groups in total. The van der Waals surface area contributed by atoms with Crippen LogP contribution in [0.25, 0.3) is 11.1 Å². The Hall–Kier alpha value is -2.60. The van der Waals surface area contributed by atoms with E-state index in [2.05, 4.69) is 21.9 Å². The van der Waals surface area contributed by atoms with Gasteiger partial charge in [-0.25, -0.2) is 4.98 Å². The van der Waals surface area contributed by atoms with Crippen molar-refractivity contribution in [3.05, 3.63) is 42.6 Å². The van der Waals surface area contributed by atoms with Gasteiger partial charge in [-0.15, -0.1) is 0 Å². The molecule has 1 spiro atoms. The number of aliphatic hydroxyl groups is 1. The maximum absolute atomic E-state index is 13.5. The standard InChI is InChI=1S/C26H33N3O3/c1-32-23-10-3-19(4-11-23)20-5-12-24(27-17-20)28-15-2-13-26(18-28)14-16-29(25(26)31)21-6-8-22(30)9-7-21/h3-5,10-12,17,21-22,30H,2,6-9,13-16,18H2,1H3/t21?,22?,26-/m1/s1. The summed E-state index contributed by atoms with van der Waals surface area (Å²) in [7, 11) is 1.67. The fraction of sp³-hybridized carbons (Fsp3) is 0.538. The van der Waals surface area contributed by atoms with Crippen molar-refractivity contribution in [3.63, 3.8) is 0 Å². The van der Waals surface area contributed by atoms with Crippen molar-refractivity contribution in [2.45, 2.75) is 57.1 Å². The lowest BCUT2D eigenvalue weighted by molar-refractivity contribution is -0.139. The third kappa shape index (κ3) is 3.96. The predicted molar refractivity (Wildman–Crippen MR) is 125 cm³/mol. The first kappa shape index (κ1) is 21.3. The number of likely N-dealkylation sites (tertiary alicyclic amines) is 1. The number of amides is 1. The molecule has 170 valence electrons. The Kier molecular flexibility index (Phi) is 5.80. The van der Waals surface area contributed by atoms with Gasteiger partial charge < -0.3 is 19.6 Å². The fourth-order valence-corrected chi connectivity index (χ4v) is 5.80. The number of nitrogens with zero attached hydrogens (tertiary/aromatic N) is 3. The molecule has 3 fully saturated rings. The third-order valence-electron chi connectivity index (χ3n) is 7.72. The highest BCUT2D eigenvalue weighted by molar-refractivity contribution is 5.86. The number of hydrogen-bond donors (Lipinski definition) is 1. The molecule has 1 amide bonds. The molecule has 5 rings (SSSR count). The van der Waals surface area contributed by atoms with Crippen LogP contribution in [0, 0.1) is 5.41 Å². The molecular weight excluding hydrogens is 402 g/mol. The summed E-state index contributed by atoms with van der Waals surface area (Å²) in [6.07, 6.45) is 8.16. The second kappa shape index (κ2) is 8.74. The van der Waals surface area contributed by atoms with Crippen LogP contribution in [-0.4, -0.2) is 59.8 Å². The summed E-state index contributed by atoms with van der Waals surface area (Å²) < 4.78 is 5.24. The van der Waals surface area contributed by atoms with Crippen LogP contribution in [0.5, 0.6) is 5.75 Å². The van der Waals surface area contributed by atoms with Crippen LogP contribution in [0.3, 0.4) is 0 Å². The van der Waals surface area contributed by atoms with Crippen LogP contribution in [0.2, 0.25) is 0 Å². The minimum atomic E-state index is -0.273. The van der Waals surface area contributed by atoms with Crippen LogP contribution < -0.4 is 9.64 Å². The number of rotatable bonds is 4. The van der Waals surface area contributed by atoms with E-state index in [4.69, 9.17) is 9.72 Å². The second-order valence-electron chi connectivity index (χ2n) is 9.65. The SMILES string of the molecule is COc1ccc(-c2ccc(N3CCC[C@@]4(CCN(C5CCC(O)CC5)C4=O)C3)nc2)cc1. The van der Waals surface area contributed by atoms with Crippen molar-refractivity contribution < 1.29 is 14.6 Å². The van der Waals surface area contributed by atoms with Crippen LogP contribution in [0.15, 0.2) is 42.6 Å². The molecule has 0 radical (unpaired) electrons. The summed E-state index contributed by atoms with van der Waals surface area (Å²) in [6, 6.07) is 12.5. The van der Waals surface area contributed by atoms with E-state index in [0.29, 0.717) is 11.9 Å². The maximum Gasteiger partial charge on any atom is 0.230 e. The van der Waals surface area contributed by atoms with Gasteiger partial charge in [0.2, 0.25) is 5.91 Å². The van der Waals surface area contributed by atoms with Crippen molar-refractivity contribution in [2.75, 3.05) is 31.6 Å². The van der Waals surface area contributed by atoms with E-state index >= 15 is 0 Å². The fourth-order valence-electron chi connectivity index (χ4n) is 5.80. The van der Waals surface area contributed by atoms with Gasteiger partial charge >= 0.3 is 0 Å².